The average Bonchev–Trinajstić information content (AvgIpc) is 2.24. The Kier molecular flexibility index (Phi) is 4.63. The fraction of sp³-hybridized carbons (Fsp3) is 0.462. The molecule has 3 nitrogen and oxygen atoms in total. The minimum absolute atomic E-state index is 0.105. The summed E-state index contributed by atoms with van der Waals surface area (Å²) >= 11 is 0. The second-order valence-corrected chi connectivity index (χ2v) is 4.86. The summed E-state index contributed by atoms with van der Waals surface area (Å²) in [5.74, 6) is -0.369. The highest BCUT2D eigenvalue weighted by Gasteiger charge is 2.12. The van der Waals surface area contributed by atoms with Gasteiger partial charge in [0.05, 0.1) is 0 Å². The van der Waals surface area contributed by atoms with Crippen LogP contribution < -0.4 is 11.1 Å². The lowest BCUT2D eigenvalue weighted by molar-refractivity contribution is -0.121. The molecule has 0 aliphatic rings. The van der Waals surface area contributed by atoms with Gasteiger partial charge in [-0.05, 0) is 31.9 Å². The van der Waals surface area contributed by atoms with Gasteiger partial charge >= 0.3 is 0 Å². The molecular weight excluding hydrogens is 219 g/mol. The van der Waals surface area contributed by atoms with E-state index in [1.807, 2.05) is 13.8 Å². The highest BCUT2D eigenvalue weighted by Crippen LogP contribution is 2.08. The Hall–Kier alpha value is -1.42. The summed E-state index contributed by atoms with van der Waals surface area (Å²) in [6.07, 6.45) is 0.681. The summed E-state index contributed by atoms with van der Waals surface area (Å²) in [4.78, 5) is 11.5. The zero-order valence-corrected chi connectivity index (χ0v) is 10.3. The first-order valence-electron chi connectivity index (χ1n) is 5.67. The fourth-order valence-electron chi connectivity index (χ4n) is 1.36. The zero-order valence-electron chi connectivity index (χ0n) is 10.3. The van der Waals surface area contributed by atoms with Crippen LogP contribution in [-0.4, -0.2) is 18.0 Å². The van der Waals surface area contributed by atoms with Gasteiger partial charge in [0.15, 0.2) is 0 Å². The average molecular weight is 238 g/mol. The van der Waals surface area contributed by atoms with E-state index in [0.29, 0.717) is 18.5 Å². The molecular formula is C13H19FN2O. The van der Waals surface area contributed by atoms with Crippen LogP contribution in [0.1, 0.15) is 25.8 Å². The van der Waals surface area contributed by atoms with Crippen LogP contribution in [0.5, 0.6) is 0 Å². The molecule has 0 aliphatic heterocycles. The minimum atomic E-state index is -0.423. The van der Waals surface area contributed by atoms with E-state index >= 15 is 0 Å². The molecule has 0 aromatic heterocycles. The molecule has 0 fully saturated rings. The highest BCUT2D eigenvalue weighted by atomic mass is 19.1. The van der Waals surface area contributed by atoms with E-state index in [0.717, 1.165) is 0 Å². The zero-order chi connectivity index (χ0) is 12.9. The van der Waals surface area contributed by atoms with Crippen LogP contribution in [-0.2, 0) is 11.2 Å². The highest BCUT2D eigenvalue weighted by molar-refractivity contribution is 5.76. The van der Waals surface area contributed by atoms with Crippen molar-refractivity contribution in [2.75, 3.05) is 6.54 Å². The van der Waals surface area contributed by atoms with Crippen LogP contribution >= 0.6 is 0 Å². The number of halogens is 1. The second-order valence-electron chi connectivity index (χ2n) is 4.86. The van der Waals surface area contributed by atoms with Gasteiger partial charge in [0.25, 0.3) is 0 Å². The Morgan fingerprint density at radius 1 is 1.41 bits per heavy atom. The maximum Gasteiger partial charge on any atom is 0.220 e. The van der Waals surface area contributed by atoms with Crippen molar-refractivity contribution < 1.29 is 9.18 Å². The maximum absolute atomic E-state index is 13.3. The number of aryl methyl sites for hydroxylation is 1. The SMILES string of the molecule is CC(C)(N)CNC(=O)CCc1ccccc1F. The lowest BCUT2D eigenvalue weighted by Gasteiger charge is -2.18. The maximum atomic E-state index is 13.3. The molecule has 0 aliphatic carbocycles. The number of carbonyl (C=O) groups excluding carboxylic acids is 1. The van der Waals surface area contributed by atoms with Crippen LogP contribution in [0.15, 0.2) is 24.3 Å². The van der Waals surface area contributed by atoms with Gasteiger partial charge in [-0.15, -0.1) is 0 Å². The molecule has 0 unspecified atom stereocenters. The molecule has 1 rings (SSSR count). The molecule has 17 heavy (non-hydrogen) atoms. The van der Waals surface area contributed by atoms with E-state index in [4.69, 9.17) is 5.73 Å². The number of carbonyl (C=O) groups is 1. The van der Waals surface area contributed by atoms with Gasteiger partial charge in [-0.2, -0.15) is 0 Å². The van der Waals surface area contributed by atoms with Gasteiger partial charge in [-0.3, -0.25) is 4.79 Å². The molecule has 1 aromatic carbocycles. The predicted octanol–water partition coefficient (Wildman–Crippen LogP) is 1.61. The van der Waals surface area contributed by atoms with Gasteiger partial charge < -0.3 is 11.1 Å². The number of rotatable bonds is 5. The standard InChI is InChI=1S/C13H19FN2O/c1-13(2,15)9-16-12(17)8-7-10-5-3-4-6-11(10)14/h3-6H,7-9,15H2,1-2H3,(H,16,17). The van der Waals surface area contributed by atoms with Crippen LogP contribution in [0, 0.1) is 5.82 Å². The van der Waals surface area contributed by atoms with Crippen molar-refractivity contribution in [3.05, 3.63) is 35.6 Å². The number of nitrogens with two attached hydrogens (primary N) is 1. The van der Waals surface area contributed by atoms with E-state index < -0.39 is 5.54 Å². The number of amides is 1. The first kappa shape index (κ1) is 13.6. The Morgan fingerprint density at radius 3 is 2.65 bits per heavy atom. The Morgan fingerprint density at radius 2 is 2.06 bits per heavy atom. The molecule has 1 amide bonds. The van der Waals surface area contributed by atoms with Crippen LogP contribution in [0.2, 0.25) is 0 Å². The summed E-state index contributed by atoms with van der Waals surface area (Å²) in [5, 5.41) is 2.73. The largest absolute Gasteiger partial charge is 0.354 e. The number of benzene rings is 1. The molecule has 4 heteroatoms. The summed E-state index contributed by atoms with van der Waals surface area (Å²) in [7, 11) is 0. The summed E-state index contributed by atoms with van der Waals surface area (Å²) in [5.41, 5.74) is 5.88. The molecule has 0 spiro atoms. The molecule has 0 radical (unpaired) electrons. The van der Waals surface area contributed by atoms with Gasteiger partial charge in [0.2, 0.25) is 5.91 Å². The normalized spacial score (nSPS) is 11.3. The molecule has 0 saturated carbocycles. The summed E-state index contributed by atoms with van der Waals surface area (Å²) in [6, 6.07) is 6.49. The number of hydrogen-bond donors (Lipinski definition) is 2. The van der Waals surface area contributed by atoms with Crippen molar-refractivity contribution in [1.29, 1.82) is 0 Å². The first-order chi connectivity index (χ1) is 7.88. The fourth-order valence-corrected chi connectivity index (χ4v) is 1.36. The topological polar surface area (TPSA) is 55.1 Å². The van der Waals surface area contributed by atoms with Crippen molar-refractivity contribution in [3.63, 3.8) is 0 Å². The minimum Gasteiger partial charge on any atom is -0.354 e. The quantitative estimate of drug-likeness (QED) is 0.819. The van der Waals surface area contributed by atoms with E-state index in [-0.39, 0.29) is 18.1 Å². The molecule has 0 saturated heterocycles. The first-order valence-corrected chi connectivity index (χ1v) is 5.67. The Balaban J connectivity index is 2.36. The Bertz CT molecular complexity index is 385. The van der Waals surface area contributed by atoms with Gasteiger partial charge in [0, 0.05) is 18.5 Å². The van der Waals surface area contributed by atoms with Gasteiger partial charge in [-0.25, -0.2) is 4.39 Å². The third kappa shape index (κ3) is 5.45. The molecule has 0 heterocycles. The third-order valence-electron chi connectivity index (χ3n) is 2.32. The number of hydrogen-bond acceptors (Lipinski definition) is 2. The predicted molar refractivity (Wildman–Crippen MR) is 66.0 cm³/mol. The smallest absolute Gasteiger partial charge is 0.220 e. The van der Waals surface area contributed by atoms with Crippen molar-refractivity contribution in [1.82, 2.24) is 5.32 Å². The lowest BCUT2D eigenvalue weighted by atomic mass is 10.1. The summed E-state index contributed by atoms with van der Waals surface area (Å²) in [6.45, 7) is 4.09. The van der Waals surface area contributed by atoms with Crippen molar-refractivity contribution in [2.45, 2.75) is 32.2 Å². The van der Waals surface area contributed by atoms with E-state index in [2.05, 4.69) is 5.32 Å². The van der Waals surface area contributed by atoms with Gasteiger partial charge in [-0.1, -0.05) is 18.2 Å². The molecule has 3 N–H and O–H groups in total. The Labute approximate surface area is 101 Å². The summed E-state index contributed by atoms with van der Waals surface area (Å²) < 4.78 is 13.3. The van der Waals surface area contributed by atoms with Crippen LogP contribution in [0.4, 0.5) is 4.39 Å². The van der Waals surface area contributed by atoms with Crippen LogP contribution in [0.3, 0.4) is 0 Å². The monoisotopic (exact) mass is 238 g/mol. The van der Waals surface area contributed by atoms with E-state index in [1.54, 1.807) is 18.2 Å². The van der Waals surface area contributed by atoms with E-state index in [9.17, 15) is 9.18 Å². The molecule has 1 aromatic rings. The van der Waals surface area contributed by atoms with Crippen molar-refractivity contribution in [3.8, 4) is 0 Å². The van der Waals surface area contributed by atoms with Crippen molar-refractivity contribution in [2.24, 2.45) is 5.73 Å². The molecule has 0 bridgehead atoms. The molecule has 94 valence electrons. The number of nitrogens with one attached hydrogen (secondary N) is 1. The van der Waals surface area contributed by atoms with Gasteiger partial charge in [0.1, 0.15) is 5.82 Å². The third-order valence-corrected chi connectivity index (χ3v) is 2.32. The van der Waals surface area contributed by atoms with Crippen molar-refractivity contribution >= 4 is 5.91 Å². The lowest BCUT2D eigenvalue weighted by Crippen LogP contribution is -2.45. The second kappa shape index (κ2) is 5.77. The van der Waals surface area contributed by atoms with E-state index in [1.165, 1.54) is 6.07 Å². The van der Waals surface area contributed by atoms with Crippen LogP contribution in [0.25, 0.3) is 0 Å². The molecule has 0 atom stereocenters.